The average Bonchev–Trinajstić information content (AvgIpc) is 2.56. The Kier molecular flexibility index (Phi) is 5.95. The van der Waals surface area contributed by atoms with Crippen molar-refractivity contribution in [1.29, 1.82) is 5.26 Å². The van der Waals surface area contributed by atoms with Gasteiger partial charge in [-0.15, -0.1) is 0 Å². The van der Waals surface area contributed by atoms with Crippen LogP contribution in [0.3, 0.4) is 0 Å². The molecule has 0 spiro atoms. The molecule has 0 heterocycles. The summed E-state index contributed by atoms with van der Waals surface area (Å²) in [5, 5.41) is 8.91. The van der Waals surface area contributed by atoms with Gasteiger partial charge in [-0.2, -0.15) is 5.26 Å². The molecule has 0 unspecified atom stereocenters. The average molecular weight is 372 g/mol. The summed E-state index contributed by atoms with van der Waals surface area (Å²) >= 11 is 3.41. The van der Waals surface area contributed by atoms with Gasteiger partial charge < -0.3 is 9.47 Å². The highest BCUT2D eigenvalue weighted by molar-refractivity contribution is 9.10. The molecule has 0 bridgehead atoms. The predicted molar refractivity (Wildman–Crippen MR) is 91.1 cm³/mol. The van der Waals surface area contributed by atoms with Gasteiger partial charge in [0.25, 0.3) is 0 Å². The minimum atomic E-state index is -0.522. The van der Waals surface area contributed by atoms with Crippen LogP contribution in [-0.2, 0) is 4.79 Å². The summed E-state index contributed by atoms with van der Waals surface area (Å²) in [6.45, 7) is 2.23. The van der Waals surface area contributed by atoms with Gasteiger partial charge in [0.05, 0.1) is 18.2 Å². The molecule has 0 radical (unpaired) electrons. The molecular formula is C18H14BrNO3. The number of carbonyl (C=O) groups is 1. The second-order valence-electron chi connectivity index (χ2n) is 4.48. The Hall–Kier alpha value is -2.58. The van der Waals surface area contributed by atoms with E-state index >= 15 is 0 Å². The number of benzene rings is 2. The number of rotatable bonds is 5. The third kappa shape index (κ3) is 4.70. The summed E-state index contributed by atoms with van der Waals surface area (Å²) in [4.78, 5) is 12.0. The number of carbonyl (C=O) groups excluding carboxylic acids is 1. The maximum absolute atomic E-state index is 12.0. The Morgan fingerprint density at radius 1 is 1.26 bits per heavy atom. The van der Waals surface area contributed by atoms with Crippen LogP contribution in [0.15, 0.2) is 53.0 Å². The molecule has 0 saturated heterocycles. The van der Waals surface area contributed by atoms with Crippen LogP contribution in [0.5, 0.6) is 11.5 Å². The van der Waals surface area contributed by atoms with E-state index in [0.29, 0.717) is 17.9 Å². The van der Waals surface area contributed by atoms with Crippen LogP contribution in [0.1, 0.15) is 18.1 Å². The van der Waals surface area contributed by atoms with Gasteiger partial charge in [0.2, 0.25) is 0 Å². The Morgan fingerprint density at radius 2 is 2.04 bits per heavy atom. The molecule has 5 heteroatoms. The van der Waals surface area contributed by atoms with Crippen molar-refractivity contribution in [2.75, 3.05) is 6.61 Å². The second-order valence-corrected chi connectivity index (χ2v) is 5.34. The van der Waals surface area contributed by atoms with Crippen LogP contribution >= 0.6 is 15.9 Å². The van der Waals surface area contributed by atoms with Gasteiger partial charge in [-0.1, -0.05) is 34.1 Å². The van der Waals surface area contributed by atoms with E-state index in [0.717, 1.165) is 10.0 Å². The largest absolute Gasteiger partial charge is 0.490 e. The normalized spacial score (nSPS) is 10.3. The Labute approximate surface area is 143 Å². The summed E-state index contributed by atoms with van der Waals surface area (Å²) < 4.78 is 11.6. The summed E-state index contributed by atoms with van der Waals surface area (Å²) in [7, 11) is 0. The SMILES string of the molecule is CCOc1cc(C#N)ccc1OC(=O)/C=C/c1ccccc1Br. The Balaban J connectivity index is 2.14. The van der Waals surface area contributed by atoms with E-state index in [1.165, 1.54) is 6.08 Å². The first-order chi connectivity index (χ1) is 11.1. The zero-order chi connectivity index (χ0) is 16.7. The van der Waals surface area contributed by atoms with Crippen molar-refractivity contribution in [3.63, 3.8) is 0 Å². The molecular weight excluding hydrogens is 358 g/mol. The Bertz CT molecular complexity index is 778. The van der Waals surface area contributed by atoms with Crippen LogP contribution < -0.4 is 9.47 Å². The number of halogens is 1. The van der Waals surface area contributed by atoms with Crippen molar-refractivity contribution in [1.82, 2.24) is 0 Å². The fraction of sp³-hybridized carbons (Fsp3) is 0.111. The van der Waals surface area contributed by atoms with Crippen molar-refractivity contribution in [2.45, 2.75) is 6.92 Å². The first-order valence-corrected chi connectivity index (χ1v) is 7.74. The van der Waals surface area contributed by atoms with E-state index in [-0.39, 0.29) is 5.75 Å². The lowest BCUT2D eigenvalue weighted by molar-refractivity contribution is -0.129. The number of esters is 1. The van der Waals surface area contributed by atoms with E-state index in [1.54, 1.807) is 24.3 Å². The summed E-state index contributed by atoms with van der Waals surface area (Å²) in [5.41, 5.74) is 1.31. The number of hydrogen-bond donors (Lipinski definition) is 0. The molecule has 0 N–H and O–H groups in total. The highest BCUT2D eigenvalue weighted by atomic mass is 79.9. The van der Waals surface area contributed by atoms with E-state index < -0.39 is 5.97 Å². The van der Waals surface area contributed by atoms with E-state index in [4.69, 9.17) is 14.7 Å². The molecule has 116 valence electrons. The van der Waals surface area contributed by atoms with Crippen molar-refractivity contribution in [2.24, 2.45) is 0 Å². The fourth-order valence-electron chi connectivity index (χ4n) is 1.84. The van der Waals surface area contributed by atoms with E-state index in [1.807, 2.05) is 37.3 Å². The molecule has 2 rings (SSSR count). The number of nitrogens with zero attached hydrogens (tertiary/aromatic N) is 1. The van der Waals surface area contributed by atoms with Crippen LogP contribution in [0.4, 0.5) is 0 Å². The van der Waals surface area contributed by atoms with Gasteiger partial charge in [-0.25, -0.2) is 4.79 Å². The lowest BCUT2D eigenvalue weighted by Crippen LogP contribution is -2.06. The third-order valence-corrected chi connectivity index (χ3v) is 3.61. The number of ether oxygens (including phenoxy) is 2. The van der Waals surface area contributed by atoms with Gasteiger partial charge >= 0.3 is 5.97 Å². The molecule has 0 fully saturated rings. The molecule has 2 aromatic carbocycles. The standard InChI is InChI=1S/C18H14BrNO3/c1-2-22-17-11-13(12-20)7-9-16(17)23-18(21)10-8-14-5-3-4-6-15(14)19/h3-11H,2H2,1H3/b10-8+. The van der Waals surface area contributed by atoms with Crippen molar-refractivity contribution in [3.05, 3.63) is 64.1 Å². The smallest absolute Gasteiger partial charge is 0.336 e. The van der Waals surface area contributed by atoms with Gasteiger partial charge in [-0.3, -0.25) is 0 Å². The summed E-state index contributed by atoms with van der Waals surface area (Å²) in [6, 6.07) is 14.2. The number of nitriles is 1. The maximum Gasteiger partial charge on any atom is 0.336 e. The topological polar surface area (TPSA) is 59.3 Å². The molecule has 0 atom stereocenters. The van der Waals surface area contributed by atoms with Crippen molar-refractivity contribution >= 4 is 28.0 Å². The number of hydrogen-bond acceptors (Lipinski definition) is 4. The zero-order valence-corrected chi connectivity index (χ0v) is 14.0. The van der Waals surface area contributed by atoms with Gasteiger partial charge in [-0.05, 0) is 36.8 Å². The van der Waals surface area contributed by atoms with Crippen LogP contribution in [-0.4, -0.2) is 12.6 Å². The molecule has 0 aliphatic heterocycles. The van der Waals surface area contributed by atoms with E-state index in [2.05, 4.69) is 15.9 Å². The summed E-state index contributed by atoms with van der Waals surface area (Å²) in [6.07, 6.45) is 3.00. The van der Waals surface area contributed by atoms with Crippen LogP contribution in [0, 0.1) is 11.3 Å². The molecule has 0 aromatic heterocycles. The maximum atomic E-state index is 12.0. The lowest BCUT2D eigenvalue weighted by Gasteiger charge is -2.09. The molecule has 0 aliphatic carbocycles. The lowest BCUT2D eigenvalue weighted by atomic mass is 10.2. The Morgan fingerprint density at radius 3 is 2.74 bits per heavy atom. The van der Waals surface area contributed by atoms with Crippen LogP contribution in [0.2, 0.25) is 0 Å². The third-order valence-electron chi connectivity index (χ3n) is 2.89. The molecule has 2 aromatic rings. The summed E-state index contributed by atoms with van der Waals surface area (Å²) in [5.74, 6) is 0.133. The minimum absolute atomic E-state index is 0.285. The molecule has 0 saturated carbocycles. The molecule has 0 amide bonds. The van der Waals surface area contributed by atoms with Gasteiger partial charge in [0.1, 0.15) is 0 Å². The quantitative estimate of drug-likeness (QED) is 0.445. The van der Waals surface area contributed by atoms with Crippen LogP contribution in [0.25, 0.3) is 6.08 Å². The second kappa shape index (κ2) is 8.16. The highest BCUT2D eigenvalue weighted by Crippen LogP contribution is 2.28. The van der Waals surface area contributed by atoms with Gasteiger partial charge in [0, 0.05) is 16.6 Å². The monoisotopic (exact) mass is 371 g/mol. The fourth-order valence-corrected chi connectivity index (χ4v) is 2.26. The minimum Gasteiger partial charge on any atom is -0.490 e. The van der Waals surface area contributed by atoms with Crippen molar-refractivity contribution in [3.8, 4) is 17.6 Å². The van der Waals surface area contributed by atoms with Crippen molar-refractivity contribution < 1.29 is 14.3 Å². The molecule has 0 aliphatic rings. The van der Waals surface area contributed by atoms with Gasteiger partial charge in [0.15, 0.2) is 11.5 Å². The first kappa shape index (κ1) is 16.8. The molecule has 4 nitrogen and oxygen atoms in total. The van der Waals surface area contributed by atoms with E-state index in [9.17, 15) is 4.79 Å². The zero-order valence-electron chi connectivity index (χ0n) is 12.5. The first-order valence-electron chi connectivity index (χ1n) is 6.95. The molecule has 23 heavy (non-hydrogen) atoms. The highest BCUT2D eigenvalue weighted by Gasteiger charge is 2.09. The predicted octanol–water partition coefficient (Wildman–Crippen LogP) is 4.34.